The Hall–Kier alpha value is -3.70. The maximum Gasteiger partial charge on any atom is 0.341 e. The number of hydrogen-bond acceptors (Lipinski definition) is 10. The first-order valence-corrected chi connectivity index (χ1v) is 25.1. The highest BCUT2D eigenvalue weighted by Gasteiger charge is 2.38. The number of hydrogen-bond donors (Lipinski definition) is 2. The lowest BCUT2D eigenvalue weighted by Crippen LogP contribution is -2.47. The van der Waals surface area contributed by atoms with Crippen molar-refractivity contribution in [2.24, 2.45) is 5.41 Å². The summed E-state index contributed by atoms with van der Waals surface area (Å²) >= 11 is 14.3. The molecule has 1 atom stereocenters. The topological polar surface area (TPSA) is 119 Å². The number of benzene rings is 4. The van der Waals surface area contributed by atoms with E-state index in [2.05, 4.69) is 41.1 Å². The van der Waals surface area contributed by atoms with Crippen LogP contribution < -0.4 is 14.9 Å². The number of thioether (sulfide) groups is 1. The molecule has 4 aromatic rings. The first kappa shape index (κ1) is 47.8. The summed E-state index contributed by atoms with van der Waals surface area (Å²) in [6.45, 7) is 9.27. The van der Waals surface area contributed by atoms with Gasteiger partial charge >= 0.3 is 5.76 Å². The van der Waals surface area contributed by atoms with Gasteiger partial charge in [0.25, 0.3) is 15.9 Å². The highest BCUT2D eigenvalue weighted by atomic mass is 35.5. The van der Waals surface area contributed by atoms with E-state index in [4.69, 9.17) is 23.2 Å². The molecule has 1 amide bonds. The van der Waals surface area contributed by atoms with Crippen LogP contribution in [0, 0.1) is 5.41 Å². The molecule has 0 spiro atoms. The molecule has 0 aromatic heterocycles. The van der Waals surface area contributed by atoms with Gasteiger partial charge in [0.15, 0.2) is 0 Å². The van der Waals surface area contributed by atoms with Gasteiger partial charge in [-0.15, -0.1) is 11.8 Å². The van der Waals surface area contributed by atoms with Crippen LogP contribution in [0.15, 0.2) is 111 Å². The Kier molecular flexibility index (Phi) is 15.7. The summed E-state index contributed by atoms with van der Waals surface area (Å²) < 4.78 is 83.8. The molecule has 62 heavy (non-hydrogen) atoms. The minimum absolute atomic E-state index is 0.0276. The number of alkyl halides is 2. The summed E-state index contributed by atoms with van der Waals surface area (Å²) in [5.74, 6) is -4.56. The van der Waals surface area contributed by atoms with Crippen LogP contribution in [0.1, 0.15) is 55.5 Å². The monoisotopic (exact) mass is 947 g/mol. The van der Waals surface area contributed by atoms with Gasteiger partial charge in [-0.05, 0) is 124 Å². The van der Waals surface area contributed by atoms with E-state index < -0.39 is 46.3 Å². The number of amides is 1. The van der Waals surface area contributed by atoms with E-state index in [0.29, 0.717) is 23.7 Å². The predicted molar refractivity (Wildman–Crippen MR) is 248 cm³/mol. The van der Waals surface area contributed by atoms with Crippen LogP contribution in [-0.4, -0.2) is 103 Å². The van der Waals surface area contributed by atoms with Crippen molar-refractivity contribution >= 4 is 77.7 Å². The van der Waals surface area contributed by atoms with Crippen molar-refractivity contribution in [1.29, 1.82) is 0 Å². The second kappa shape index (κ2) is 20.4. The van der Waals surface area contributed by atoms with Gasteiger partial charge in [0.2, 0.25) is 9.84 Å². The number of carbonyl (C=O) groups is 1. The smallest absolute Gasteiger partial charge is 0.341 e. The van der Waals surface area contributed by atoms with Gasteiger partial charge < -0.3 is 15.1 Å². The van der Waals surface area contributed by atoms with E-state index in [-0.39, 0.29) is 22.7 Å². The van der Waals surface area contributed by atoms with Crippen LogP contribution in [0.4, 0.5) is 20.2 Å². The van der Waals surface area contributed by atoms with Gasteiger partial charge in [0.05, 0.1) is 10.7 Å². The lowest BCUT2D eigenvalue weighted by atomic mass is 9.72. The third-order valence-corrected chi connectivity index (χ3v) is 16.1. The number of nitrogens with one attached hydrogen (secondary N) is 2. The molecule has 0 unspecified atom stereocenters. The van der Waals surface area contributed by atoms with Crippen molar-refractivity contribution in [2.75, 3.05) is 69.3 Å². The third-order valence-electron chi connectivity index (χ3n) is 11.2. The van der Waals surface area contributed by atoms with Gasteiger partial charge in [-0.1, -0.05) is 73.0 Å². The van der Waals surface area contributed by atoms with Crippen LogP contribution in [0.3, 0.4) is 0 Å². The van der Waals surface area contributed by atoms with Crippen LogP contribution in [0.2, 0.25) is 10.0 Å². The van der Waals surface area contributed by atoms with Crippen molar-refractivity contribution in [2.45, 2.75) is 66.0 Å². The fourth-order valence-corrected chi connectivity index (χ4v) is 12.1. The lowest BCUT2D eigenvalue weighted by Gasteiger charge is -2.39. The molecule has 0 saturated carbocycles. The minimum atomic E-state index is -5.58. The Morgan fingerprint density at radius 2 is 1.55 bits per heavy atom. The molecule has 6 rings (SSSR count). The Morgan fingerprint density at radius 3 is 2.18 bits per heavy atom. The zero-order valence-corrected chi connectivity index (χ0v) is 39.2. The zero-order valence-electron chi connectivity index (χ0n) is 35.2. The van der Waals surface area contributed by atoms with Crippen molar-refractivity contribution in [3.05, 3.63) is 118 Å². The molecule has 334 valence electrons. The second-order valence-corrected chi connectivity index (χ2v) is 22.2. The van der Waals surface area contributed by atoms with E-state index in [0.717, 1.165) is 68.6 Å². The van der Waals surface area contributed by atoms with Gasteiger partial charge in [0.1, 0.15) is 9.79 Å². The molecule has 1 aliphatic carbocycles. The van der Waals surface area contributed by atoms with E-state index in [1.807, 2.05) is 66.2 Å². The van der Waals surface area contributed by atoms with Gasteiger partial charge in [-0.3, -0.25) is 9.69 Å². The molecule has 2 N–H and O–H groups in total. The largest absolute Gasteiger partial charge is 0.380 e. The highest BCUT2D eigenvalue weighted by molar-refractivity contribution is 7.99. The lowest BCUT2D eigenvalue weighted by molar-refractivity contribution is 0.0981. The molecule has 1 heterocycles. The van der Waals surface area contributed by atoms with Crippen LogP contribution in [0.5, 0.6) is 0 Å². The average molecular weight is 949 g/mol. The quantitative estimate of drug-likeness (QED) is 0.0992. The van der Waals surface area contributed by atoms with Crippen LogP contribution in [-0.2, 0) is 19.9 Å². The Bertz CT molecular complexity index is 2450. The minimum Gasteiger partial charge on any atom is -0.380 e. The van der Waals surface area contributed by atoms with E-state index in [9.17, 15) is 30.4 Å². The molecule has 1 saturated heterocycles. The number of rotatable bonds is 17. The summed E-state index contributed by atoms with van der Waals surface area (Å²) in [5, 5.41) is 3.15. The molecule has 0 radical (unpaired) electrons. The molecular weight excluding hydrogens is 896 g/mol. The third kappa shape index (κ3) is 12.1. The fourth-order valence-electron chi connectivity index (χ4n) is 7.72. The summed E-state index contributed by atoms with van der Waals surface area (Å²) in [7, 11) is -6.83. The number of carbonyl (C=O) groups excluding carboxylic acids is 1. The Morgan fingerprint density at radius 1 is 0.887 bits per heavy atom. The average Bonchev–Trinajstić information content (AvgIpc) is 3.23. The predicted octanol–water partition coefficient (Wildman–Crippen LogP) is 9.42. The number of anilines is 2. The van der Waals surface area contributed by atoms with Crippen LogP contribution in [0.25, 0.3) is 5.57 Å². The summed E-state index contributed by atoms with van der Waals surface area (Å²) in [5.41, 5.74) is 5.07. The Labute approximate surface area is 379 Å². The molecule has 10 nitrogen and oxygen atoms in total. The van der Waals surface area contributed by atoms with E-state index >= 15 is 0 Å². The number of sulfonamides is 1. The van der Waals surface area contributed by atoms with E-state index in [1.54, 1.807) is 12.1 Å². The normalized spacial score (nSPS) is 16.8. The maximum atomic E-state index is 14.2. The SMILES string of the molecule is CN(C)CC[C@H](CSc1ccccc1)Nc1ccc(S(=O)(=O)NC(=O)c2ccc(N3CCN(CC4=C(c5ccc(Cl)cc5)CC(C)(C)CC4)CC3)cc2)c(S(=O)(=O)C(F)F)c1Cl. The van der Waals surface area contributed by atoms with Crippen LogP contribution >= 0.6 is 35.0 Å². The highest BCUT2D eigenvalue weighted by Crippen LogP contribution is 2.44. The fraction of sp³-hybridized carbons (Fsp3) is 0.400. The van der Waals surface area contributed by atoms with Gasteiger partial charge in [-0.2, -0.15) is 8.78 Å². The number of nitrogens with zero attached hydrogens (tertiary/aromatic N) is 3. The van der Waals surface area contributed by atoms with E-state index in [1.165, 1.54) is 46.7 Å². The van der Waals surface area contributed by atoms with Crippen molar-refractivity contribution in [3.63, 3.8) is 0 Å². The number of halogens is 4. The molecule has 4 aromatic carbocycles. The molecule has 1 fully saturated rings. The number of sulfone groups is 1. The molecule has 2 aliphatic rings. The zero-order chi connectivity index (χ0) is 44.8. The van der Waals surface area contributed by atoms with Crippen molar-refractivity contribution in [3.8, 4) is 0 Å². The molecular formula is C45H53Cl2F2N5O5S3. The number of allylic oxidation sites excluding steroid dienone is 1. The van der Waals surface area contributed by atoms with Crippen molar-refractivity contribution in [1.82, 2.24) is 14.5 Å². The second-order valence-electron chi connectivity index (χ2n) is 16.8. The summed E-state index contributed by atoms with van der Waals surface area (Å²) in [6, 6.07) is 25.8. The summed E-state index contributed by atoms with van der Waals surface area (Å²) in [4.78, 5) is 18.6. The summed E-state index contributed by atoms with van der Waals surface area (Å²) in [6.07, 6.45) is 3.73. The molecule has 17 heteroatoms. The van der Waals surface area contributed by atoms with Gasteiger partial charge in [0, 0.05) is 65.7 Å². The van der Waals surface area contributed by atoms with Gasteiger partial charge in [-0.25, -0.2) is 21.6 Å². The molecule has 0 bridgehead atoms. The first-order valence-electron chi connectivity index (χ1n) is 20.4. The van der Waals surface area contributed by atoms with Crippen molar-refractivity contribution < 1.29 is 30.4 Å². The Balaban J connectivity index is 1.13. The first-order chi connectivity index (χ1) is 29.3. The maximum absolute atomic E-state index is 14.2. The molecule has 1 aliphatic heterocycles. The number of piperazine rings is 1. The standard InChI is InChI=1S/C45H53Cl2F2N5O5S3/c1-45(2)22-20-33(38(28-45)31-10-14-34(46)15-11-31)29-53-24-26-54(27-25-53)36-16-12-32(13-17-36)43(55)51-62(58,59)40-19-18-39(41(47)42(40)61(56,57)44(48)49)50-35(21-23-52(3)4)30-60-37-8-6-5-7-9-37/h5-19,35,44,50H,20-30H2,1-4H3,(H,51,55)/t35-/m1/s1.